The number of ether oxygens (including phenoxy) is 4. The number of aromatic nitrogens is 3. The summed E-state index contributed by atoms with van der Waals surface area (Å²) in [6.07, 6.45) is -2.21. The topological polar surface area (TPSA) is 181 Å². The first-order valence-electron chi connectivity index (χ1n) is 23.3. The lowest BCUT2D eigenvalue weighted by Gasteiger charge is -2.46. The van der Waals surface area contributed by atoms with Crippen LogP contribution in [0.2, 0.25) is 5.15 Å². The van der Waals surface area contributed by atoms with Gasteiger partial charge in [0, 0.05) is 69.5 Å². The van der Waals surface area contributed by atoms with Gasteiger partial charge in [0.05, 0.1) is 44.4 Å². The van der Waals surface area contributed by atoms with E-state index in [4.69, 9.17) is 21.1 Å². The van der Waals surface area contributed by atoms with E-state index in [1.807, 2.05) is 51.7 Å². The number of pyridine rings is 3. The molecule has 412 valence electrons. The van der Waals surface area contributed by atoms with Gasteiger partial charge in [0.25, 0.3) is 0 Å². The van der Waals surface area contributed by atoms with Gasteiger partial charge >= 0.3 is 30.2 Å². The SMILES string of the molecule is C.CC[C@H]1CN(c2ccc(C(=O)OC)nc2C(F)(F)F)[C@H](C)CN1.CC[C@H]1CN(c2ccc(C(=O)OC)nc2Cl)[C@H](C)CN1.CC[C@H]1CN(c2ccc(C(=O)OC)nc2I)[C@H](C)CN1C(=O)OC(C)(C)C.Cl.Cl. The molecule has 3 aliphatic rings. The third-order valence-corrected chi connectivity index (χ3v) is 13.2. The van der Waals surface area contributed by atoms with Crippen LogP contribution in [0, 0.1) is 3.70 Å². The van der Waals surface area contributed by atoms with Crippen molar-refractivity contribution < 1.29 is 51.3 Å². The van der Waals surface area contributed by atoms with Crippen LogP contribution in [0.25, 0.3) is 0 Å². The molecule has 1 amide bonds. The molecule has 3 aromatic rings. The lowest BCUT2D eigenvalue weighted by molar-refractivity contribution is -0.140. The van der Waals surface area contributed by atoms with Gasteiger partial charge in [-0.15, -0.1) is 24.8 Å². The van der Waals surface area contributed by atoms with Crippen molar-refractivity contribution in [2.75, 3.05) is 75.3 Å². The molecular formula is C49H74Cl3F3IN9O8. The van der Waals surface area contributed by atoms with Gasteiger partial charge in [0.2, 0.25) is 0 Å². The molecule has 0 radical (unpaired) electrons. The molecule has 17 nitrogen and oxygen atoms in total. The molecule has 6 atom stereocenters. The van der Waals surface area contributed by atoms with Crippen LogP contribution >= 0.6 is 59.0 Å². The van der Waals surface area contributed by atoms with Gasteiger partial charge in [-0.05, 0) is 120 Å². The third kappa shape index (κ3) is 18.0. The second kappa shape index (κ2) is 29.8. The standard InChI is InChI=1S/C19H28IN3O4.C15H20F3N3O2.C14H20ClN3O2.CH4.2ClH/c1-7-13-11-22(12(2)10-23(13)18(25)27-19(3,4)5)15-9-8-14(17(24)26-6)21-16(15)20;1-4-10-8-21(9(2)7-19-10)12-6-5-11(14(22)23-3)20-13(12)15(16,17)18;1-4-10-8-18(9(2)7-16-10)12-6-5-11(14(19)20-3)17-13(12)15;;;/h8-9,12-13H,7,10-11H2,1-6H3;5-6,9-10,19H,4,7-8H2,1-3H3;5-6,9-10,16H,4,7-8H2,1-3H3;1H4;2*1H/t12-,13+;2*9-,10+;;;/m111.../s1. The van der Waals surface area contributed by atoms with Gasteiger partial charge in [-0.2, -0.15) is 13.2 Å². The molecule has 6 heterocycles. The van der Waals surface area contributed by atoms with E-state index >= 15 is 0 Å². The minimum atomic E-state index is -4.65. The Morgan fingerprint density at radius 1 is 0.658 bits per heavy atom. The minimum absolute atomic E-state index is 0. The van der Waals surface area contributed by atoms with E-state index in [2.05, 4.69) is 95.1 Å². The van der Waals surface area contributed by atoms with E-state index in [1.54, 1.807) is 17.0 Å². The fourth-order valence-corrected chi connectivity index (χ4v) is 9.19. The van der Waals surface area contributed by atoms with Crippen molar-refractivity contribution in [1.29, 1.82) is 0 Å². The van der Waals surface area contributed by atoms with E-state index < -0.39 is 35.4 Å². The monoisotopic (exact) mass is 1210 g/mol. The summed E-state index contributed by atoms with van der Waals surface area (Å²) in [5.41, 5.74) is 0.428. The number of anilines is 3. The van der Waals surface area contributed by atoms with Gasteiger partial charge in [-0.1, -0.05) is 39.8 Å². The van der Waals surface area contributed by atoms with Crippen molar-refractivity contribution in [2.24, 2.45) is 0 Å². The molecule has 0 unspecified atom stereocenters. The predicted molar refractivity (Wildman–Crippen MR) is 292 cm³/mol. The van der Waals surface area contributed by atoms with Gasteiger partial charge < -0.3 is 49.2 Å². The molecule has 0 aliphatic carbocycles. The Bertz CT molecular complexity index is 2290. The van der Waals surface area contributed by atoms with E-state index in [9.17, 15) is 32.3 Å². The quantitative estimate of drug-likeness (QED) is 0.0894. The normalized spacial score (nSPS) is 20.7. The number of amides is 1. The molecule has 2 N–H and O–H groups in total. The van der Waals surface area contributed by atoms with Gasteiger partial charge in [-0.25, -0.2) is 34.1 Å². The Kier molecular flexibility index (Phi) is 27.3. The maximum absolute atomic E-state index is 13.4. The zero-order valence-corrected chi connectivity index (χ0v) is 47.4. The third-order valence-electron chi connectivity index (χ3n) is 12.1. The van der Waals surface area contributed by atoms with Crippen LogP contribution in [-0.4, -0.2) is 146 Å². The van der Waals surface area contributed by atoms with Crippen molar-refractivity contribution in [3.63, 3.8) is 0 Å². The van der Waals surface area contributed by atoms with E-state index in [0.717, 1.165) is 54.5 Å². The first-order chi connectivity index (χ1) is 32.9. The molecule has 3 aliphatic heterocycles. The lowest BCUT2D eigenvalue weighted by atomic mass is 10.0. The smallest absolute Gasteiger partial charge is 0.435 e. The first-order valence-corrected chi connectivity index (χ1v) is 24.8. The summed E-state index contributed by atoms with van der Waals surface area (Å²) in [7, 11) is 3.78. The largest absolute Gasteiger partial charge is 0.464 e. The molecule has 3 saturated heterocycles. The highest BCUT2D eigenvalue weighted by Crippen LogP contribution is 2.37. The average Bonchev–Trinajstić information content (AvgIpc) is 3.33. The van der Waals surface area contributed by atoms with Crippen LogP contribution in [0.5, 0.6) is 0 Å². The molecule has 0 bridgehead atoms. The zero-order valence-electron chi connectivity index (χ0n) is 42.9. The van der Waals surface area contributed by atoms with E-state index in [-0.39, 0.29) is 85.3 Å². The molecule has 0 saturated carbocycles. The number of nitrogens with one attached hydrogen (secondary N) is 2. The fourth-order valence-electron chi connectivity index (χ4n) is 8.17. The van der Waals surface area contributed by atoms with Crippen molar-refractivity contribution in [1.82, 2.24) is 30.5 Å². The number of hydrogen-bond acceptors (Lipinski definition) is 16. The number of nitrogens with zero attached hydrogens (tertiary/aromatic N) is 7. The molecule has 6 rings (SSSR count). The van der Waals surface area contributed by atoms with Crippen LogP contribution in [-0.2, 0) is 25.1 Å². The second-order valence-corrected chi connectivity index (χ2v) is 19.7. The van der Waals surface area contributed by atoms with E-state index in [0.29, 0.717) is 43.4 Å². The molecule has 24 heteroatoms. The maximum atomic E-state index is 13.4. The number of hydrogen-bond donors (Lipinski definition) is 2. The Labute approximate surface area is 459 Å². The highest BCUT2D eigenvalue weighted by Gasteiger charge is 2.40. The van der Waals surface area contributed by atoms with Gasteiger partial charge in [0.15, 0.2) is 10.8 Å². The molecular weight excluding hydrogens is 1130 g/mol. The predicted octanol–water partition coefficient (Wildman–Crippen LogP) is 9.74. The zero-order chi connectivity index (χ0) is 52.2. The summed E-state index contributed by atoms with van der Waals surface area (Å²) < 4.78 is 60.4. The summed E-state index contributed by atoms with van der Waals surface area (Å²) >= 11 is 8.38. The minimum Gasteiger partial charge on any atom is -0.464 e. The van der Waals surface area contributed by atoms with Crippen molar-refractivity contribution in [3.05, 3.63) is 68.0 Å². The lowest BCUT2D eigenvalue weighted by Crippen LogP contribution is -2.59. The van der Waals surface area contributed by atoms with Crippen LogP contribution in [0.3, 0.4) is 0 Å². The molecule has 73 heavy (non-hydrogen) atoms. The summed E-state index contributed by atoms with van der Waals surface area (Å²) in [6.45, 7) is 22.0. The van der Waals surface area contributed by atoms with Crippen LogP contribution < -0.4 is 25.3 Å². The first kappa shape index (κ1) is 66.9. The number of rotatable bonds is 9. The number of esters is 3. The molecule has 3 fully saturated rings. The van der Waals surface area contributed by atoms with Gasteiger partial charge in [-0.3, -0.25) is 0 Å². The average molecular weight is 1210 g/mol. The number of carbonyl (C=O) groups excluding carboxylic acids is 4. The molecule has 0 spiro atoms. The van der Waals surface area contributed by atoms with E-state index in [1.165, 1.54) is 26.4 Å². The number of halogens is 7. The van der Waals surface area contributed by atoms with Crippen LogP contribution in [0.15, 0.2) is 36.4 Å². The summed E-state index contributed by atoms with van der Waals surface area (Å²) in [5.74, 6) is -1.81. The molecule has 3 aromatic heterocycles. The number of carbonyl (C=O) groups is 4. The Morgan fingerprint density at radius 2 is 1.08 bits per heavy atom. The Balaban J connectivity index is 0.000000542. The summed E-state index contributed by atoms with van der Waals surface area (Å²) in [6, 6.07) is 10.6. The van der Waals surface area contributed by atoms with Crippen LogP contribution in [0.1, 0.15) is 126 Å². The second-order valence-electron chi connectivity index (χ2n) is 18.3. The van der Waals surface area contributed by atoms with Crippen LogP contribution in [0.4, 0.5) is 35.0 Å². The number of piperazine rings is 3. The van der Waals surface area contributed by atoms with Crippen molar-refractivity contribution >= 4 is 100 Å². The Morgan fingerprint density at radius 3 is 1.49 bits per heavy atom. The van der Waals surface area contributed by atoms with Crippen molar-refractivity contribution in [3.8, 4) is 0 Å². The van der Waals surface area contributed by atoms with Crippen molar-refractivity contribution in [2.45, 2.75) is 137 Å². The highest BCUT2D eigenvalue weighted by molar-refractivity contribution is 14.1. The highest BCUT2D eigenvalue weighted by atomic mass is 127. The number of methoxy groups -OCH3 is 3. The fraction of sp³-hybridized carbons (Fsp3) is 0.612. The molecule has 0 aromatic carbocycles. The maximum Gasteiger partial charge on any atom is 0.435 e. The summed E-state index contributed by atoms with van der Waals surface area (Å²) in [4.78, 5) is 67.2. The Hall–Kier alpha value is -4.16. The van der Waals surface area contributed by atoms with Gasteiger partial charge in [0.1, 0.15) is 26.4 Å². The number of alkyl halides is 3. The summed E-state index contributed by atoms with van der Waals surface area (Å²) in [5, 5.41) is 7.14.